The Balaban J connectivity index is 0.000000605. The maximum atomic E-state index is 5.34. The number of rotatable bonds is 0. The predicted molar refractivity (Wildman–Crippen MR) is 49.5 cm³/mol. The standard InChI is InChI=1S/C9H8O.Cr.Pb.2H/c1-2-6-9-8(4-1)5-3-7-10-9;;;;/h1-6H,7H2;;;;. The van der Waals surface area contributed by atoms with Crippen molar-refractivity contribution in [2.24, 2.45) is 0 Å². The first-order valence-corrected chi connectivity index (χ1v) is 3.35. The number of hydrogen-bond donors (Lipinski definition) is 0. The molecule has 0 aliphatic carbocycles. The number of ether oxygens (including phenoxy) is 1. The van der Waals surface area contributed by atoms with Gasteiger partial charge in [-0.3, -0.25) is 0 Å². The summed E-state index contributed by atoms with van der Waals surface area (Å²) in [6.07, 6.45) is 4.10. The van der Waals surface area contributed by atoms with Gasteiger partial charge in [-0.1, -0.05) is 24.3 Å². The summed E-state index contributed by atoms with van der Waals surface area (Å²) in [5, 5.41) is 0. The van der Waals surface area contributed by atoms with Gasteiger partial charge in [0, 0.05) is 22.9 Å². The van der Waals surface area contributed by atoms with E-state index in [0.29, 0.717) is 6.61 Å². The zero-order valence-electron chi connectivity index (χ0n) is 6.69. The van der Waals surface area contributed by atoms with Crippen LogP contribution in [0.3, 0.4) is 0 Å². The molecule has 3 heteroatoms. The van der Waals surface area contributed by atoms with Crippen molar-refractivity contribution in [3.63, 3.8) is 0 Å². The number of benzene rings is 1. The van der Waals surface area contributed by atoms with E-state index in [2.05, 4.69) is 6.08 Å². The molecule has 0 fully saturated rings. The van der Waals surface area contributed by atoms with Gasteiger partial charge in [-0.05, 0) is 12.1 Å². The summed E-state index contributed by atoms with van der Waals surface area (Å²) >= 11 is 0. The SMILES string of the molecule is C1=Cc2ccccc2OC1.[Cr].[PbH2]. The van der Waals surface area contributed by atoms with Crippen LogP contribution in [0.4, 0.5) is 0 Å². The molecule has 0 saturated heterocycles. The molecule has 0 spiro atoms. The fourth-order valence-electron chi connectivity index (χ4n) is 1.06. The van der Waals surface area contributed by atoms with Crippen molar-refractivity contribution in [1.82, 2.24) is 0 Å². The summed E-state index contributed by atoms with van der Waals surface area (Å²) in [5.74, 6) is 0.991. The van der Waals surface area contributed by atoms with Crippen LogP contribution in [0.2, 0.25) is 0 Å². The molecule has 0 aromatic heterocycles. The molecule has 0 amide bonds. The molecule has 1 aromatic carbocycles. The van der Waals surface area contributed by atoms with Gasteiger partial charge in [0.15, 0.2) is 0 Å². The number of para-hydroxylation sites is 1. The van der Waals surface area contributed by atoms with E-state index in [1.165, 1.54) is 5.56 Å². The molecule has 0 N–H and O–H groups in total. The minimum absolute atomic E-state index is 0. The van der Waals surface area contributed by atoms with Gasteiger partial charge in [0.05, 0.1) is 0 Å². The topological polar surface area (TPSA) is 9.23 Å². The Morgan fingerprint density at radius 1 is 1.17 bits per heavy atom. The Hall–Kier alpha value is 0.215. The van der Waals surface area contributed by atoms with Crippen LogP contribution in [0.15, 0.2) is 30.3 Å². The summed E-state index contributed by atoms with van der Waals surface area (Å²) in [6, 6.07) is 8.03. The first-order chi connectivity index (χ1) is 4.97. The molecule has 1 aliphatic rings. The van der Waals surface area contributed by atoms with Gasteiger partial charge in [0.25, 0.3) is 0 Å². The first kappa shape index (κ1) is 12.2. The third kappa shape index (κ3) is 2.61. The Kier molecular flexibility index (Phi) is 5.89. The predicted octanol–water partition coefficient (Wildman–Crippen LogP) is 1.17. The van der Waals surface area contributed by atoms with Gasteiger partial charge in [0.2, 0.25) is 0 Å². The van der Waals surface area contributed by atoms with E-state index < -0.39 is 0 Å². The minimum atomic E-state index is 0. The molecule has 0 atom stereocenters. The summed E-state index contributed by atoms with van der Waals surface area (Å²) in [5.41, 5.74) is 1.17. The van der Waals surface area contributed by atoms with E-state index in [9.17, 15) is 0 Å². The average Bonchev–Trinajstić information content (AvgIpc) is 2.05. The summed E-state index contributed by atoms with van der Waals surface area (Å²) in [7, 11) is 0. The molecule has 1 nitrogen and oxygen atoms in total. The van der Waals surface area contributed by atoms with Crippen LogP contribution in [-0.4, -0.2) is 33.9 Å². The van der Waals surface area contributed by atoms with Gasteiger partial charge < -0.3 is 4.74 Å². The monoisotopic (exact) mass is 394 g/mol. The van der Waals surface area contributed by atoms with Crippen molar-refractivity contribution in [2.75, 3.05) is 6.61 Å². The van der Waals surface area contributed by atoms with Gasteiger partial charge in [-0.2, -0.15) is 0 Å². The van der Waals surface area contributed by atoms with Crippen molar-refractivity contribution in [3.05, 3.63) is 35.9 Å². The van der Waals surface area contributed by atoms with Crippen LogP contribution in [0.25, 0.3) is 6.08 Å². The zero-order chi connectivity index (χ0) is 6.81. The second-order valence-electron chi connectivity index (χ2n) is 2.25. The van der Waals surface area contributed by atoms with E-state index in [4.69, 9.17) is 4.74 Å². The molecule has 0 bridgehead atoms. The van der Waals surface area contributed by atoms with Crippen molar-refractivity contribution in [2.45, 2.75) is 0 Å². The molecule has 0 unspecified atom stereocenters. The quantitative estimate of drug-likeness (QED) is 0.602. The number of fused-ring (bicyclic) bond motifs is 1. The second-order valence-corrected chi connectivity index (χ2v) is 2.25. The summed E-state index contributed by atoms with van der Waals surface area (Å²) in [4.78, 5) is 0. The molecule has 1 aliphatic heterocycles. The molecular weight excluding hydrogens is 383 g/mol. The van der Waals surface area contributed by atoms with Crippen molar-refractivity contribution in [3.8, 4) is 5.75 Å². The van der Waals surface area contributed by atoms with Crippen LogP contribution >= 0.6 is 0 Å². The van der Waals surface area contributed by atoms with Crippen LogP contribution in [0, 0.1) is 0 Å². The Labute approximate surface area is 103 Å². The van der Waals surface area contributed by atoms with Crippen LogP contribution < -0.4 is 4.74 Å². The molecule has 1 aromatic rings. The van der Waals surface area contributed by atoms with Crippen molar-refractivity contribution >= 4 is 33.4 Å². The van der Waals surface area contributed by atoms with E-state index in [1.807, 2.05) is 30.3 Å². The fourth-order valence-corrected chi connectivity index (χ4v) is 1.06. The van der Waals surface area contributed by atoms with Gasteiger partial charge in [0.1, 0.15) is 12.4 Å². The molecule has 1 heterocycles. The third-order valence-corrected chi connectivity index (χ3v) is 1.55. The maximum absolute atomic E-state index is 5.34. The van der Waals surface area contributed by atoms with Gasteiger partial charge in [-0.25, -0.2) is 0 Å². The van der Waals surface area contributed by atoms with Crippen LogP contribution in [0.1, 0.15) is 5.56 Å². The molecule has 2 radical (unpaired) electrons. The Morgan fingerprint density at radius 3 is 2.67 bits per heavy atom. The normalized spacial score (nSPS) is 11.7. The zero-order valence-corrected chi connectivity index (χ0v) is 13.5. The van der Waals surface area contributed by atoms with E-state index >= 15 is 0 Å². The third-order valence-electron chi connectivity index (χ3n) is 1.55. The van der Waals surface area contributed by atoms with Crippen molar-refractivity contribution < 1.29 is 22.1 Å². The molecule has 12 heavy (non-hydrogen) atoms. The second kappa shape index (κ2) is 5.79. The number of hydrogen-bond acceptors (Lipinski definition) is 1. The summed E-state index contributed by atoms with van der Waals surface area (Å²) < 4.78 is 5.34. The van der Waals surface area contributed by atoms with E-state index in [-0.39, 0.29) is 44.7 Å². The van der Waals surface area contributed by atoms with Gasteiger partial charge in [-0.15, -0.1) is 0 Å². The summed E-state index contributed by atoms with van der Waals surface area (Å²) in [6.45, 7) is 0.705. The average molecular weight is 393 g/mol. The molecule has 62 valence electrons. The van der Waals surface area contributed by atoms with Crippen LogP contribution in [-0.2, 0) is 17.4 Å². The molecular formula is C9H10CrOPb. The first-order valence-electron chi connectivity index (χ1n) is 3.35. The van der Waals surface area contributed by atoms with Crippen molar-refractivity contribution in [1.29, 1.82) is 0 Å². The fraction of sp³-hybridized carbons (Fsp3) is 0.111. The van der Waals surface area contributed by atoms with E-state index in [1.54, 1.807) is 0 Å². The Bertz CT molecular complexity index is 273. The molecule has 2 rings (SSSR count). The van der Waals surface area contributed by atoms with Crippen LogP contribution in [0.5, 0.6) is 5.75 Å². The van der Waals surface area contributed by atoms with Gasteiger partial charge >= 0.3 is 27.3 Å². The Morgan fingerprint density at radius 2 is 1.92 bits per heavy atom. The van der Waals surface area contributed by atoms with E-state index in [0.717, 1.165) is 5.75 Å². The molecule has 0 saturated carbocycles.